The van der Waals surface area contributed by atoms with E-state index in [1.807, 2.05) is 6.92 Å². The maximum Gasteiger partial charge on any atom is 0.0787 e. The highest BCUT2D eigenvalue weighted by Gasteiger charge is 2.35. The van der Waals surface area contributed by atoms with E-state index < -0.39 is 0 Å². The van der Waals surface area contributed by atoms with Gasteiger partial charge in [-0.25, -0.2) is 0 Å². The van der Waals surface area contributed by atoms with Crippen LogP contribution in [0.3, 0.4) is 0 Å². The zero-order valence-corrected chi connectivity index (χ0v) is 11.2. The van der Waals surface area contributed by atoms with Gasteiger partial charge in [0, 0.05) is 18.8 Å². The van der Waals surface area contributed by atoms with Gasteiger partial charge in [0.05, 0.1) is 6.10 Å². The molecule has 2 fully saturated rings. The highest BCUT2D eigenvalue weighted by Crippen LogP contribution is 2.39. The Labute approximate surface area is 110 Å². The first kappa shape index (κ1) is 12.0. The Hall–Kier alpha value is -1.02. The van der Waals surface area contributed by atoms with Crippen molar-refractivity contribution in [1.29, 1.82) is 0 Å². The van der Waals surface area contributed by atoms with E-state index in [2.05, 4.69) is 29.2 Å². The number of benzene rings is 1. The Morgan fingerprint density at radius 1 is 1.17 bits per heavy atom. The molecule has 1 aromatic rings. The van der Waals surface area contributed by atoms with Crippen molar-refractivity contribution in [3.8, 4) is 0 Å². The van der Waals surface area contributed by atoms with E-state index in [1.165, 1.54) is 38.0 Å². The number of aliphatic hydroxyl groups is 1. The van der Waals surface area contributed by atoms with Crippen LogP contribution < -0.4 is 4.90 Å². The Bertz CT molecular complexity index is 388. The first-order valence-electron chi connectivity index (χ1n) is 7.31. The minimum Gasteiger partial charge on any atom is -0.388 e. The summed E-state index contributed by atoms with van der Waals surface area (Å²) in [4.78, 5) is 2.52. The van der Waals surface area contributed by atoms with Gasteiger partial charge in [0.1, 0.15) is 0 Å². The zero-order valence-electron chi connectivity index (χ0n) is 11.2. The van der Waals surface area contributed by atoms with Crippen LogP contribution in [0.15, 0.2) is 24.3 Å². The lowest BCUT2D eigenvalue weighted by molar-refractivity contribution is 0.173. The molecule has 2 heteroatoms. The van der Waals surface area contributed by atoms with Gasteiger partial charge in [-0.2, -0.15) is 0 Å². The summed E-state index contributed by atoms with van der Waals surface area (Å²) in [6, 6.07) is 8.51. The highest BCUT2D eigenvalue weighted by atomic mass is 16.3. The molecule has 1 saturated carbocycles. The van der Waals surface area contributed by atoms with Crippen LogP contribution in [-0.2, 0) is 0 Å². The molecule has 0 bridgehead atoms. The molecule has 2 unspecified atom stereocenters. The first-order chi connectivity index (χ1) is 8.78. The fraction of sp³-hybridized carbons (Fsp3) is 0.625. The average molecular weight is 245 g/mol. The van der Waals surface area contributed by atoms with E-state index in [-0.39, 0.29) is 6.10 Å². The van der Waals surface area contributed by atoms with Gasteiger partial charge in [0.25, 0.3) is 0 Å². The van der Waals surface area contributed by atoms with Crippen LogP contribution >= 0.6 is 0 Å². The summed E-state index contributed by atoms with van der Waals surface area (Å²) < 4.78 is 0. The largest absolute Gasteiger partial charge is 0.388 e. The number of aliphatic hydroxyl groups excluding tert-OH is 1. The second-order valence-corrected chi connectivity index (χ2v) is 5.87. The number of nitrogens with zero attached hydrogens (tertiary/aromatic N) is 1. The van der Waals surface area contributed by atoms with Crippen molar-refractivity contribution in [2.75, 3.05) is 18.0 Å². The van der Waals surface area contributed by atoms with Crippen LogP contribution in [0.4, 0.5) is 5.69 Å². The molecule has 3 rings (SSSR count). The van der Waals surface area contributed by atoms with Gasteiger partial charge in [-0.15, -0.1) is 0 Å². The second kappa shape index (κ2) is 4.93. The number of rotatable bonds is 3. The smallest absolute Gasteiger partial charge is 0.0787 e. The van der Waals surface area contributed by atoms with Crippen molar-refractivity contribution in [2.24, 2.45) is 11.8 Å². The summed E-state index contributed by atoms with van der Waals surface area (Å²) in [6.45, 7) is 4.49. The third kappa shape index (κ3) is 2.14. The Morgan fingerprint density at radius 2 is 1.78 bits per heavy atom. The Morgan fingerprint density at radius 3 is 2.33 bits per heavy atom. The molecule has 2 nitrogen and oxygen atoms in total. The van der Waals surface area contributed by atoms with Crippen molar-refractivity contribution in [2.45, 2.75) is 38.7 Å². The van der Waals surface area contributed by atoms with Gasteiger partial charge >= 0.3 is 0 Å². The van der Waals surface area contributed by atoms with E-state index in [9.17, 15) is 5.11 Å². The topological polar surface area (TPSA) is 23.5 Å². The number of hydrogen-bond acceptors (Lipinski definition) is 2. The van der Waals surface area contributed by atoms with Crippen LogP contribution in [-0.4, -0.2) is 18.2 Å². The van der Waals surface area contributed by atoms with Crippen LogP contribution in [0.25, 0.3) is 0 Å². The molecule has 0 aromatic heterocycles. The number of hydrogen-bond donors (Lipinski definition) is 1. The van der Waals surface area contributed by atoms with Crippen LogP contribution in [0, 0.1) is 11.8 Å². The van der Waals surface area contributed by atoms with E-state index in [0.29, 0.717) is 0 Å². The van der Waals surface area contributed by atoms with Crippen LogP contribution in [0.1, 0.15) is 44.3 Å². The summed E-state index contributed by atoms with van der Waals surface area (Å²) in [7, 11) is 0. The Balaban J connectivity index is 1.70. The van der Waals surface area contributed by atoms with Crippen molar-refractivity contribution in [3.05, 3.63) is 29.8 Å². The molecule has 1 heterocycles. The van der Waals surface area contributed by atoms with Gasteiger partial charge in [-0.1, -0.05) is 25.5 Å². The lowest BCUT2D eigenvalue weighted by atomic mass is 10.0. The van der Waals surface area contributed by atoms with Gasteiger partial charge in [-0.3, -0.25) is 0 Å². The van der Waals surface area contributed by atoms with E-state index in [4.69, 9.17) is 0 Å². The molecule has 0 spiro atoms. The second-order valence-electron chi connectivity index (χ2n) is 5.87. The van der Waals surface area contributed by atoms with Gasteiger partial charge in [0.15, 0.2) is 0 Å². The quantitative estimate of drug-likeness (QED) is 0.882. The number of anilines is 1. The summed E-state index contributed by atoms with van der Waals surface area (Å²) in [5, 5.41) is 9.80. The summed E-state index contributed by atoms with van der Waals surface area (Å²) in [5.74, 6) is 1.87. The molecule has 0 radical (unpaired) electrons. The molecule has 2 aliphatic rings. The summed E-state index contributed by atoms with van der Waals surface area (Å²) in [6.07, 6.45) is 4.76. The monoisotopic (exact) mass is 245 g/mol. The zero-order chi connectivity index (χ0) is 12.5. The average Bonchev–Trinajstić information content (AvgIpc) is 2.99. The Kier molecular flexibility index (Phi) is 3.29. The molecule has 18 heavy (non-hydrogen) atoms. The molecule has 1 aliphatic heterocycles. The van der Waals surface area contributed by atoms with Gasteiger partial charge in [0.2, 0.25) is 0 Å². The van der Waals surface area contributed by atoms with E-state index in [1.54, 1.807) is 0 Å². The van der Waals surface area contributed by atoms with Crippen molar-refractivity contribution in [1.82, 2.24) is 0 Å². The molecule has 3 atom stereocenters. The third-order valence-electron chi connectivity index (χ3n) is 4.76. The fourth-order valence-electron chi connectivity index (χ4n) is 3.59. The maximum absolute atomic E-state index is 9.80. The molecule has 1 saturated heterocycles. The summed E-state index contributed by atoms with van der Waals surface area (Å²) in [5.41, 5.74) is 2.37. The van der Waals surface area contributed by atoms with Crippen molar-refractivity contribution < 1.29 is 5.11 Å². The molecule has 1 aliphatic carbocycles. The van der Waals surface area contributed by atoms with Gasteiger partial charge in [-0.05, 0) is 48.8 Å². The molecule has 1 N–H and O–H groups in total. The molecule has 1 aromatic carbocycles. The fourth-order valence-corrected chi connectivity index (χ4v) is 3.59. The number of fused-ring (bicyclic) bond motifs is 1. The maximum atomic E-state index is 9.80. The standard InChI is InChI=1S/C16H23NO/c1-2-16(18)12-6-8-15(9-7-12)17-10-13-4-3-5-14(13)11-17/h6-9,13-14,16,18H,2-5,10-11H2,1H3/t13?,14?,16-/m1/s1. The van der Waals surface area contributed by atoms with E-state index >= 15 is 0 Å². The van der Waals surface area contributed by atoms with Crippen molar-refractivity contribution >= 4 is 5.69 Å². The minimum atomic E-state index is -0.308. The predicted molar refractivity (Wildman–Crippen MR) is 74.7 cm³/mol. The lowest BCUT2D eigenvalue weighted by Crippen LogP contribution is -2.20. The normalized spacial score (nSPS) is 28.4. The minimum absolute atomic E-state index is 0.308. The van der Waals surface area contributed by atoms with E-state index in [0.717, 1.165) is 23.8 Å². The molecule has 0 amide bonds. The van der Waals surface area contributed by atoms with Crippen LogP contribution in [0.2, 0.25) is 0 Å². The summed E-state index contributed by atoms with van der Waals surface area (Å²) >= 11 is 0. The van der Waals surface area contributed by atoms with Crippen molar-refractivity contribution in [3.63, 3.8) is 0 Å². The predicted octanol–water partition coefficient (Wildman–Crippen LogP) is 3.37. The first-order valence-corrected chi connectivity index (χ1v) is 7.31. The molecular formula is C16H23NO. The lowest BCUT2D eigenvalue weighted by Gasteiger charge is -2.20. The third-order valence-corrected chi connectivity index (χ3v) is 4.76. The molecule has 98 valence electrons. The highest BCUT2D eigenvalue weighted by molar-refractivity contribution is 5.49. The SMILES string of the molecule is CC[C@@H](O)c1ccc(N2CC3CCCC3C2)cc1. The molecular weight excluding hydrogens is 222 g/mol. The van der Waals surface area contributed by atoms with Crippen LogP contribution in [0.5, 0.6) is 0 Å². The van der Waals surface area contributed by atoms with Gasteiger partial charge < -0.3 is 10.0 Å².